The average molecular weight is 308 g/mol. The van der Waals surface area contributed by atoms with E-state index in [0.717, 1.165) is 17.4 Å². The molecule has 1 aliphatic rings. The van der Waals surface area contributed by atoms with E-state index in [1.165, 1.54) is 5.56 Å². The molecule has 96 valence electrons. The van der Waals surface area contributed by atoms with Crippen molar-refractivity contribution in [1.29, 1.82) is 0 Å². The molecule has 18 heavy (non-hydrogen) atoms. The van der Waals surface area contributed by atoms with Gasteiger partial charge < -0.3 is 10.6 Å². The number of hydrogen-bond donors (Lipinski definition) is 1. The van der Waals surface area contributed by atoms with Crippen molar-refractivity contribution in [1.82, 2.24) is 4.90 Å². The molecule has 0 saturated heterocycles. The summed E-state index contributed by atoms with van der Waals surface area (Å²) in [6.45, 7) is 7.41. The first-order valence-corrected chi connectivity index (χ1v) is 6.88. The van der Waals surface area contributed by atoms with E-state index in [0.29, 0.717) is 12.5 Å². The molecule has 1 unspecified atom stereocenters. The summed E-state index contributed by atoms with van der Waals surface area (Å²) in [6, 6.07) is 8.37. The predicted molar refractivity (Wildman–Crippen MR) is 79.5 cm³/mol. The quantitative estimate of drug-likeness (QED) is 0.869. The zero-order valence-electron chi connectivity index (χ0n) is 10.6. The minimum absolute atomic E-state index is 0.137. The fourth-order valence-electron chi connectivity index (χ4n) is 2.53. The molecule has 0 spiro atoms. The molecule has 0 radical (unpaired) electrons. The van der Waals surface area contributed by atoms with E-state index in [4.69, 9.17) is 5.73 Å². The highest BCUT2D eigenvalue weighted by Gasteiger charge is 2.41. The van der Waals surface area contributed by atoms with E-state index in [-0.39, 0.29) is 5.54 Å². The summed E-state index contributed by atoms with van der Waals surface area (Å²) in [4.78, 5) is 6.56. The molecule has 0 saturated carbocycles. The first-order valence-electron chi connectivity index (χ1n) is 6.08. The van der Waals surface area contributed by atoms with Crippen LogP contribution in [0.2, 0.25) is 0 Å². The second-order valence-electron chi connectivity index (χ2n) is 4.47. The largest absolute Gasteiger partial charge is 0.370 e. The van der Waals surface area contributed by atoms with Crippen molar-refractivity contribution in [3.8, 4) is 0 Å². The number of aliphatic imine (C=N–C) groups is 1. The average Bonchev–Trinajstić information content (AvgIpc) is 2.69. The lowest BCUT2D eigenvalue weighted by Gasteiger charge is -2.38. The van der Waals surface area contributed by atoms with Gasteiger partial charge in [-0.15, -0.1) is 6.58 Å². The van der Waals surface area contributed by atoms with Crippen LogP contribution in [0.3, 0.4) is 0 Å². The number of halogens is 1. The Labute approximate surface area is 117 Å². The lowest BCUT2D eigenvalue weighted by atomic mass is 9.86. The summed E-state index contributed by atoms with van der Waals surface area (Å²) in [5.74, 6) is 0.608. The van der Waals surface area contributed by atoms with Gasteiger partial charge in [0.25, 0.3) is 0 Å². The van der Waals surface area contributed by atoms with E-state index >= 15 is 0 Å². The van der Waals surface area contributed by atoms with Crippen LogP contribution in [0.5, 0.6) is 0 Å². The van der Waals surface area contributed by atoms with Crippen LogP contribution in [0.25, 0.3) is 0 Å². The SMILES string of the molecule is C=CCN1C(N)=NCC1(CC)c1cccc(Br)c1. The number of benzene rings is 1. The highest BCUT2D eigenvalue weighted by molar-refractivity contribution is 9.10. The standard InChI is InChI=1S/C14H18BrN3/c1-3-8-18-13(16)17-10-14(18,4-2)11-6-5-7-12(15)9-11/h3,5-7,9H,1,4,8,10H2,2H3,(H2,16,17). The molecule has 1 aromatic carbocycles. The minimum Gasteiger partial charge on any atom is -0.370 e. The van der Waals surface area contributed by atoms with Crippen LogP contribution in [0.1, 0.15) is 18.9 Å². The summed E-state index contributed by atoms with van der Waals surface area (Å²) in [7, 11) is 0. The normalized spacial score (nSPS) is 23.0. The fraction of sp³-hybridized carbons (Fsp3) is 0.357. The summed E-state index contributed by atoms with van der Waals surface area (Å²) in [5.41, 5.74) is 7.11. The number of nitrogens with zero attached hydrogens (tertiary/aromatic N) is 2. The smallest absolute Gasteiger partial charge is 0.192 e. The monoisotopic (exact) mass is 307 g/mol. The molecule has 4 heteroatoms. The highest BCUT2D eigenvalue weighted by Crippen LogP contribution is 2.37. The Balaban J connectivity index is 2.45. The Morgan fingerprint density at radius 2 is 2.39 bits per heavy atom. The van der Waals surface area contributed by atoms with E-state index < -0.39 is 0 Å². The van der Waals surface area contributed by atoms with Gasteiger partial charge in [0.05, 0.1) is 12.1 Å². The van der Waals surface area contributed by atoms with Gasteiger partial charge in [0, 0.05) is 11.0 Å². The third-order valence-electron chi connectivity index (χ3n) is 3.55. The van der Waals surface area contributed by atoms with Crippen LogP contribution < -0.4 is 5.73 Å². The Morgan fingerprint density at radius 1 is 1.61 bits per heavy atom. The molecule has 0 amide bonds. The second-order valence-corrected chi connectivity index (χ2v) is 5.38. The van der Waals surface area contributed by atoms with Crippen LogP contribution in [0, 0.1) is 0 Å². The Kier molecular flexibility index (Phi) is 3.76. The van der Waals surface area contributed by atoms with Crippen molar-refractivity contribution in [2.24, 2.45) is 10.7 Å². The predicted octanol–water partition coefficient (Wildman–Crippen LogP) is 2.87. The molecule has 2 N–H and O–H groups in total. The van der Waals surface area contributed by atoms with Crippen LogP contribution in [0.15, 0.2) is 46.4 Å². The lowest BCUT2D eigenvalue weighted by molar-refractivity contribution is 0.210. The Morgan fingerprint density at radius 3 is 3.00 bits per heavy atom. The van der Waals surface area contributed by atoms with Crippen molar-refractivity contribution >= 4 is 21.9 Å². The maximum absolute atomic E-state index is 6.01. The number of hydrogen-bond acceptors (Lipinski definition) is 3. The van der Waals surface area contributed by atoms with Gasteiger partial charge in [0.1, 0.15) is 0 Å². The van der Waals surface area contributed by atoms with E-state index in [9.17, 15) is 0 Å². The van der Waals surface area contributed by atoms with Crippen molar-refractivity contribution in [3.63, 3.8) is 0 Å². The molecule has 0 fully saturated rings. The van der Waals surface area contributed by atoms with Crippen LogP contribution >= 0.6 is 15.9 Å². The summed E-state index contributed by atoms with van der Waals surface area (Å²) in [5, 5.41) is 0. The van der Waals surface area contributed by atoms with Crippen LogP contribution in [-0.4, -0.2) is 23.9 Å². The van der Waals surface area contributed by atoms with Gasteiger partial charge in [0.2, 0.25) is 0 Å². The van der Waals surface area contributed by atoms with Crippen molar-refractivity contribution < 1.29 is 0 Å². The molecular formula is C14H18BrN3. The van der Waals surface area contributed by atoms with Gasteiger partial charge in [-0.3, -0.25) is 4.99 Å². The molecule has 1 aliphatic heterocycles. The van der Waals surface area contributed by atoms with Gasteiger partial charge in [-0.1, -0.05) is 41.1 Å². The molecule has 1 heterocycles. The number of nitrogens with two attached hydrogens (primary N) is 1. The first-order chi connectivity index (χ1) is 8.64. The molecule has 2 rings (SSSR count). The maximum atomic E-state index is 6.01. The lowest BCUT2D eigenvalue weighted by Crippen LogP contribution is -2.49. The Hall–Kier alpha value is -1.29. The minimum atomic E-state index is -0.137. The zero-order chi connectivity index (χ0) is 13.2. The third-order valence-corrected chi connectivity index (χ3v) is 4.05. The van der Waals surface area contributed by atoms with Gasteiger partial charge in [-0.2, -0.15) is 0 Å². The number of guanidine groups is 1. The first kappa shape index (κ1) is 13.1. The van der Waals surface area contributed by atoms with Gasteiger partial charge in [-0.25, -0.2) is 0 Å². The Bertz CT molecular complexity index is 484. The molecule has 0 aromatic heterocycles. The van der Waals surface area contributed by atoms with E-state index in [1.54, 1.807) is 0 Å². The maximum Gasteiger partial charge on any atom is 0.192 e. The summed E-state index contributed by atoms with van der Waals surface area (Å²) in [6.07, 6.45) is 2.83. The zero-order valence-corrected chi connectivity index (χ0v) is 12.2. The van der Waals surface area contributed by atoms with Crippen LogP contribution in [0.4, 0.5) is 0 Å². The van der Waals surface area contributed by atoms with Gasteiger partial charge >= 0.3 is 0 Å². The molecule has 3 nitrogen and oxygen atoms in total. The topological polar surface area (TPSA) is 41.6 Å². The molecule has 1 aromatic rings. The van der Waals surface area contributed by atoms with Gasteiger partial charge in [-0.05, 0) is 24.1 Å². The highest BCUT2D eigenvalue weighted by atomic mass is 79.9. The fourth-order valence-corrected chi connectivity index (χ4v) is 2.93. The van der Waals surface area contributed by atoms with Gasteiger partial charge in [0.15, 0.2) is 5.96 Å². The van der Waals surface area contributed by atoms with Crippen molar-refractivity contribution in [2.45, 2.75) is 18.9 Å². The second kappa shape index (κ2) is 5.14. The van der Waals surface area contributed by atoms with E-state index in [1.807, 2.05) is 12.1 Å². The summed E-state index contributed by atoms with van der Waals surface area (Å²) >= 11 is 3.53. The number of rotatable bonds is 4. The van der Waals surface area contributed by atoms with E-state index in [2.05, 4.69) is 57.5 Å². The third kappa shape index (κ3) is 2.05. The summed E-state index contributed by atoms with van der Waals surface area (Å²) < 4.78 is 1.08. The molecule has 0 aliphatic carbocycles. The van der Waals surface area contributed by atoms with Crippen LogP contribution in [-0.2, 0) is 5.54 Å². The molecule has 0 bridgehead atoms. The molecule has 1 atom stereocenters. The van der Waals surface area contributed by atoms with Crippen molar-refractivity contribution in [3.05, 3.63) is 47.0 Å². The molecular weight excluding hydrogens is 290 g/mol. The van der Waals surface area contributed by atoms with Crippen molar-refractivity contribution in [2.75, 3.05) is 13.1 Å².